The monoisotopic (exact) mass is 294 g/mol. The maximum absolute atomic E-state index is 5.74. The van der Waals surface area contributed by atoms with E-state index in [0.717, 1.165) is 28.4 Å². The molecule has 1 aliphatic heterocycles. The number of hydrogen-bond donors (Lipinski definition) is 0. The van der Waals surface area contributed by atoms with E-state index in [1.54, 1.807) is 0 Å². The van der Waals surface area contributed by atoms with Crippen LogP contribution in [0.4, 0.5) is 0 Å². The molecule has 3 rings (SSSR count). The zero-order valence-corrected chi connectivity index (χ0v) is 11.4. The third-order valence-corrected chi connectivity index (χ3v) is 4.11. The molecule has 1 saturated heterocycles. The number of nitrogens with zero attached hydrogens (tertiary/aromatic N) is 2. The smallest absolute Gasteiger partial charge is 0.150 e. The molecule has 1 aromatic heterocycles. The maximum Gasteiger partial charge on any atom is 0.150 e. The van der Waals surface area contributed by atoms with Crippen LogP contribution in [0, 0.1) is 6.92 Å². The lowest BCUT2D eigenvalue weighted by atomic mass is 10.2. The van der Waals surface area contributed by atoms with Gasteiger partial charge in [0.15, 0.2) is 0 Å². The molecule has 1 unspecified atom stereocenters. The minimum atomic E-state index is 0.121. The van der Waals surface area contributed by atoms with Crippen molar-refractivity contribution < 1.29 is 4.74 Å². The Labute approximate surface area is 109 Å². The van der Waals surface area contributed by atoms with Crippen LogP contribution in [0.3, 0.4) is 0 Å². The van der Waals surface area contributed by atoms with Crippen molar-refractivity contribution in [1.82, 2.24) is 9.78 Å². The predicted molar refractivity (Wildman–Crippen MR) is 71.0 cm³/mol. The van der Waals surface area contributed by atoms with Gasteiger partial charge in [0, 0.05) is 22.7 Å². The van der Waals surface area contributed by atoms with E-state index in [-0.39, 0.29) is 6.23 Å². The van der Waals surface area contributed by atoms with Crippen LogP contribution >= 0.6 is 15.9 Å². The number of benzene rings is 1. The van der Waals surface area contributed by atoms with E-state index in [1.807, 2.05) is 4.68 Å². The molecule has 0 bridgehead atoms. The first-order chi connectivity index (χ1) is 8.24. The lowest BCUT2D eigenvalue weighted by molar-refractivity contribution is -0.0390. The van der Waals surface area contributed by atoms with Crippen LogP contribution in [-0.2, 0) is 4.74 Å². The number of ether oxygens (including phenoxy) is 1. The van der Waals surface area contributed by atoms with Gasteiger partial charge in [0.2, 0.25) is 0 Å². The lowest BCUT2D eigenvalue weighted by Gasteiger charge is -2.22. The lowest BCUT2D eigenvalue weighted by Crippen LogP contribution is -2.18. The zero-order valence-electron chi connectivity index (χ0n) is 9.82. The Balaban J connectivity index is 2.00. The van der Waals surface area contributed by atoms with Gasteiger partial charge in [-0.1, -0.05) is 15.9 Å². The molecular weight excluding hydrogens is 280 g/mol. The summed E-state index contributed by atoms with van der Waals surface area (Å²) in [4.78, 5) is 0. The molecule has 1 fully saturated rings. The van der Waals surface area contributed by atoms with Gasteiger partial charge in [-0.3, -0.25) is 0 Å². The Morgan fingerprint density at radius 1 is 1.41 bits per heavy atom. The summed E-state index contributed by atoms with van der Waals surface area (Å²) in [5.41, 5.74) is 2.26. The molecule has 1 aliphatic rings. The van der Waals surface area contributed by atoms with Gasteiger partial charge < -0.3 is 4.74 Å². The molecule has 1 aromatic carbocycles. The molecule has 0 saturated carbocycles. The van der Waals surface area contributed by atoms with Crippen LogP contribution < -0.4 is 0 Å². The minimum Gasteiger partial charge on any atom is -0.357 e. The second-order valence-corrected chi connectivity index (χ2v) is 5.44. The molecule has 2 heterocycles. The van der Waals surface area contributed by atoms with E-state index >= 15 is 0 Å². The summed E-state index contributed by atoms with van der Waals surface area (Å²) in [6, 6.07) is 4.23. The van der Waals surface area contributed by atoms with Gasteiger partial charge in [0.05, 0.1) is 5.52 Å². The molecule has 1 atom stereocenters. The SMILES string of the molecule is Cc1cc2nn(C3CCCCO3)cc2cc1Br. The Hall–Kier alpha value is -0.870. The van der Waals surface area contributed by atoms with Crippen LogP contribution in [0.1, 0.15) is 31.1 Å². The largest absolute Gasteiger partial charge is 0.357 e. The number of halogens is 1. The first kappa shape index (κ1) is 11.2. The summed E-state index contributed by atoms with van der Waals surface area (Å²) >= 11 is 3.55. The summed E-state index contributed by atoms with van der Waals surface area (Å²) in [6.07, 6.45) is 5.66. The highest BCUT2D eigenvalue weighted by Gasteiger charge is 2.17. The van der Waals surface area contributed by atoms with E-state index < -0.39 is 0 Å². The fourth-order valence-corrected chi connectivity index (χ4v) is 2.61. The van der Waals surface area contributed by atoms with Gasteiger partial charge in [0.1, 0.15) is 6.23 Å². The van der Waals surface area contributed by atoms with Crippen molar-refractivity contribution in [1.29, 1.82) is 0 Å². The Morgan fingerprint density at radius 2 is 2.29 bits per heavy atom. The third kappa shape index (κ3) is 2.11. The van der Waals surface area contributed by atoms with E-state index in [4.69, 9.17) is 4.74 Å². The number of rotatable bonds is 1. The van der Waals surface area contributed by atoms with Gasteiger partial charge in [-0.05, 0) is 43.9 Å². The Morgan fingerprint density at radius 3 is 3.06 bits per heavy atom. The normalized spacial score (nSPS) is 20.9. The molecule has 0 amide bonds. The molecule has 0 radical (unpaired) electrons. The van der Waals surface area contributed by atoms with E-state index in [1.165, 1.54) is 18.4 Å². The summed E-state index contributed by atoms with van der Waals surface area (Å²) in [5.74, 6) is 0. The fraction of sp³-hybridized carbons (Fsp3) is 0.462. The van der Waals surface area contributed by atoms with Gasteiger partial charge in [-0.25, -0.2) is 4.68 Å². The highest BCUT2D eigenvalue weighted by Crippen LogP contribution is 2.27. The van der Waals surface area contributed by atoms with Crippen molar-refractivity contribution in [2.75, 3.05) is 6.61 Å². The number of fused-ring (bicyclic) bond motifs is 1. The molecule has 2 aromatic rings. The predicted octanol–water partition coefficient (Wildman–Crippen LogP) is 3.81. The zero-order chi connectivity index (χ0) is 11.8. The van der Waals surface area contributed by atoms with Crippen molar-refractivity contribution in [2.45, 2.75) is 32.4 Å². The van der Waals surface area contributed by atoms with Crippen molar-refractivity contribution in [2.24, 2.45) is 0 Å². The highest BCUT2D eigenvalue weighted by atomic mass is 79.9. The molecule has 3 nitrogen and oxygen atoms in total. The topological polar surface area (TPSA) is 27.1 Å². The van der Waals surface area contributed by atoms with Gasteiger partial charge in [-0.2, -0.15) is 5.10 Å². The fourth-order valence-electron chi connectivity index (χ4n) is 2.25. The number of aromatic nitrogens is 2. The molecule has 17 heavy (non-hydrogen) atoms. The average molecular weight is 295 g/mol. The number of aryl methyl sites for hydroxylation is 1. The second-order valence-electron chi connectivity index (χ2n) is 4.59. The molecule has 0 spiro atoms. The summed E-state index contributed by atoms with van der Waals surface area (Å²) < 4.78 is 8.84. The Kier molecular flexibility index (Phi) is 2.92. The van der Waals surface area contributed by atoms with Crippen LogP contribution in [0.2, 0.25) is 0 Å². The third-order valence-electron chi connectivity index (χ3n) is 3.25. The first-order valence-electron chi connectivity index (χ1n) is 6.00. The van der Waals surface area contributed by atoms with Crippen LogP contribution in [-0.4, -0.2) is 16.4 Å². The summed E-state index contributed by atoms with van der Waals surface area (Å²) in [7, 11) is 0. The summed E-state index contributed by atoms with van der Waals surface area (Å²) in [5, 5.41) is 5.77. The van der Waals surface area contributed by atoms with Crippen molar-refractivity contribution >= 4 is 26.8 Å². The van der Waals surface area contributed by atoms with Crippen LogP contribution in [0.5, 0.6) is 0 Å². The van der Waals surface area contributed by atoms with E-state index in [2.05, 4.69) is 46.3 Å². The first-order valence-corrected chi connectivity index (χ1v) is 6.80. The van der Waals surface area contributed by atoms with E-state index in [9.17, 15) is 0 Å². The standard InChI is InChI=1S/C13H15BrN2O/c1-9-6-12-10(7-11(9)14)8-16(15-12)13-4-2-3-5-17-13/h6-8,13H,2-5H2,1H3. The number of hydrogen-bond acceptors (Lipinski definition) is 2. The van der Waals surface area contributed by atoms with Crippen LogP contribution in [0.25, 0.3) is 10.9 Å². The van der Waals surface area contributed by atoms with Crippen molar-refractivity contribution in [3.63, 3.8) is 0 Å². The summed E-state index contributed by atoms with van der Waals surface area (Å²) in [6.45, 7) is 2.93. The quantitative estimate of drug-likeness (QED) is 0.800. The van der Waals surface area contributed by atoms with Gasteiger partial charge >= 0.3 is 0 Å². The van der Waals surface area contributed by atoms with Gasteiger partial charge in [0.25, 0.3) is 0 Å². The minimum absolute atomic E-state index is 0.121. The molecule has 0 N–H and O–H groups in total. The van der Waals surface area contributed by atoms with Crippen LogP contribution in [0.15, 0.2) is 22.8 Å². The highest BCUT2D eigenvalue weighted by molar-refractivity contribution is 9.10. The van der Waals surface area contributed by atoms with Crippen molar-refractivity contribution in [3.8, 4) is 0 Å². The molecule has 0 aliphatic carbocycles. The average Bonchev–Trinajstić information content (AvgIpc) is 2.74. The second kappa shape index (κ2) is 4.42. The molecule has 4 heteroatoms. The van der Waals surface area contributed by atoms with Crippen molar-refractivity contribution in [3.05, 3.63) is 28.4 Å². The molecular formula is C13H15BrN2O. The Bertz CT molecular complexity index is 505. The van der Waals surface area contributed by atoms with Gasteiger partial charge in [-0.15, -0.1) is 0 Å². The molecule has 90 valence electrons. The van der Waals surface area contributed by atoms with E-state index in [0.29, 0.717) is 0 Å². The maximum atomic E-state index is 5.74.